The lowest BCUT2D eigenvalue weighted by Gasteiger charge is -2.23. The highest BCUT2D eigenvalue weighted by Crippen LogP contribution is 2.15. The number of hydrogen-bond donors (Lipinski definition) is 1. The van der Waals surface area contributed by atoms with Crippen molar-refractivity contribution in [2.24, 2.45) is 0 Å². The second-order valence-corrected chi connectivity index (χ2v) is 2.67. The number of methoxy groups -OCH3 is 1. The minimum absolute atomic E-state index is 0.162. The summed E-state index contributed by atoms with van der Waals surface area (Å²) in [6.45, 7) is 1.50. The monoisotopic (exact) mass is 186 g/mol. The van der Waals surface area contributed by atoms with E-state index in [-0.39, 0.29) is 5.76 Å². The lowest BCUT2D eigenvalue weighted by atomic mass is 10.1. The fraction of sp³-hybridized carbons (Fsp3) is 0.500. The Morgan fingerprint density at radius 1 is 1.69 bits per heavy atom. The summed E-state index contributed by atoms with van der Waals surface area (Å²) in [5.74, 6) is -1.42. The van der Waals surface area contributed by atoms with E-state index in [0.717, 1.165) is 6.08 Å². The van der Waals surface area contributed by atoms with Gasteiger partial charge in [0.05, 0.1) is 7.11 Å². The van der Waals surface area contributed by atoms with Crippen LogP contribution >= 0.6 is 0 Å². The zero-order chi connectivity index (χ0) is 10.0. The zero-order valence-corrected chi connectivity index (χ0v) is 7.31. The van der Waals surface area contributed by atoms with Crippen molar-refractivity contribution in [3.63, 3.8) is 0 Å². The summed E-state index contributed by atoms with van der Waals surface area (Å²) in [6, 6.07) is 0. The second kappa shape index (κ2) is 3.57. The molecule has 1 rings (SSSR count). The Morgan fingerprint density at radius 3 is 2.77 bits per heavy atom. The minimum atomic E-state index is -1.20. The van der Waals surface area contributed by atoms with E-state index in [4.69, 9.17) is 9.84 Å². The second-order valence-electron chi connectivity index (χ2n) is 2.67. The SMILES string of the molecule is COC(=O)C1=CC(=O)C(O)C(C)O1. The summed E-state index contributed by atoms with van der Waals surface area (Å²) < 4.78 is 9.29. The van der Waals surface area contributed by atoms with Crippen LogP contribution in [0.2, 0.25) is 0 Å². The molecule has 0 aliphatic carbocycles. The van der Waals surface area contributed by atoms with Gasteiger partial charge in [-0.1, -0.05) is 0 Å². The van der Waals surface area contributed by atoms with Gasteiger partial charge in [-0.05, 0) is 6.92 Å². The highest BCUT2D eigenvalue weighted by molar-refractivity contribution is 6.01. The topological polar surface area (TPSA) is 72.8 Å². The highest BCUT2D eigenvalue weighted by atomic mass is 16.6. The first-order valence-electron chi connectivity index (χ1n) is 3.75. The number of rotatable bonds is 1. The molecule has 1 aliphatic rings. The van der Waals surface area contributed by atoms with Gasteiger partial charge >= 0.3 is 5.97 Å². The Morgan fingerprint density at radius 2 is 2.31 bits per heavy atom. The van der Waals surface area contributed by atoms with E-state index in [0.29, 0.717) is 0 Å². The van der Waals surface area contributed by atoms with Gasteiger partial charge in [-0.15, -0.1) is 0 Å². The van der Waals surface area contributed by atoms with Gasteiger partial charge in [0.1, 0.15) is 6.10 Å². The van der Waals surface area contributed by atoms with Crippen LogP contribution in [0.25, 0.3) is 0 Å². The third-order valence-corrected chi connectivity index (χ3v) is 1.71. The van der Waals surface area contributed by atoms with Crippen LogP contribution < -0.4 is 0 Å². The molecule has 0 spiro atoms. The average molecular weight is 186 g/mol. The van der Waals surface area contributed by atoms with Crippen molar-refractivity contribution < 1.29 is 24.2 Å². The number of aliphatic hydroxyl groups excluding tert-OH is 1. The van der Waals surface area contributed by atoms with E-state index in [1.54, 1.807) is 0 Å². The molecule has 0 saturated heterocycles. The van der Waals surface area contributed by atoms with Crippen molar-refractivity contribution in [1.82, 2.24) is 0 Å². The smallest absolute Gasteiger partial charge is 0.373 e. The Labute approximate surface area is 74.9 Å². The fourth-order valence-corrected chi connectivity index (χ4v) is 0.952. The maximum absolute atomic E-state index is 11.0. The standard InChI is InChI=1S/C8H10O5/c1-4-7(10)5(9)3-6(13-4)8(11)12-2/h3-4,7,10H,1-2H3. The Kier molecular flexibility index (Phi) is 2.67. The van der Waals surface area contributed by atoms with E-state index in [2.05, 4.69) is 4.74 Å². The van der Waals surface area contributed by atoms with Crippen LogP contribution in [0.4, 0.5) is 0 Å². The maximum atomic E-state index is 11.0. The van der Waals surface area contributed by atoms with Crippen molar-refractivity contribution >= 4 is 11.8 Å². The highest BCUT2D eigenvalue weighted by Gasteiger charge is 2.31. The molecule has 2 unspecified atom stereocenters. The molecule has 13 heavy (non-hydrogen) atoms. The number of ether oxygens (including phenoxy) is 2. The van der Waals surface area contributed by atoms with Gasteiger partial charge in [0, 0.05) is 6.08 Å². The Bertz CT molecular complexity index is 268. The summed E-state index contributed by atoms with van der Waals surface area (Å²) in [5, 5.41) is 9.15. The first-order chi connectivity index (χ1) is 6.06. The molecule has 0 aromatic rings. The average Bonchev–Trinajstić information content (AvgIpc) is 2.12. The molecule has 0 aromatic heterocycles. The molecule has 0 saturated carbocycles. The predicted octanol–water partition coefficient (Wildman–Crippen LogP) is -0.608. The molecular formula is C8H10O5. The van der Waals surface area contributed by atoms with Gasteiger partial charge in [0.2, 0.25) is 5.76 Å². The molecule has 0 radical (unpaired) electrons. The number of esters is 1. The van der Waals surface area contributed by atoms with Crippen LogP contribution in [0.15, 0.2) is 11.8 Å². The van der Waals surface area contributed by atoms with E-state index in [1.807, 2.05) is 0 Å². The number of carbonyl (C=O) groups is 2. The molecule has 5 nitrogen and oxygen atoms in total. The summed E-state index contributed by atoms with van der Waals surface area (Å²) >= 11 is 0. The largest absolute Gasteiger partial charge is 0.480 e. The molecule has 0 fully saturated rings. The third-order valence-electron chi connectivity index (χ3n) is 1.71. The molecule has 72 valence electrons. The molecule has 0 bridgehead atoms. The van der Waals surface area contributed by atoms with Crippen LogP contribution in [-0.4, -0.2) is 36.2 Å². The van der Waals surface area contributed by atoms with Crippen LogP contribution in [-0.2, 0) is 19.1 Å². The molecule has 1 aliphatic heterocycles. The van der Waals surface area contributed by atoms with Crippen molar-refractivity contribution in [3.8, 4) is 0 Å². The first-order valence-corrected chi connectivity index (χ1v) is 3.75. The van der Waals surface area contributed by atoms with Crippen LogP contribution in [0, 0.1) is 0 Å². The summed E-state index contributed by atoms with van der Waals surface area (Å²) in [6.07, 6.45) is -0.976. The molecule has 1 N–H and O–H groups in total. The van der Waals surface area contributed by atoms with Crippen LogP contribution in [0.3, 0.4) is 0 Å². The minimum Gasteiger partial charge on any atom is -0.480 e. The van der Waals surface area contributed by atoms with Gasteiger partial charge < -0.3 is 14.6 Å². The van der Waals surface area contributed by atoms with Crippen molar-refractivity contribution in [2.75, 3.05) is 7.11 Å². The third kappa shape index (κ3) is 1.86. The molecule has 1 heterocycles. The maximum Gasteiger partial charge on any atom is 0.373 e. The quantitative estimate of drug-likeness (QED) is 0.553. The van der Waals surface area contributed by atoms with Gasteiger partial charge in [0.15, 0.2) is 11.9 Å². The van der Waals surface area contributed by atoms with Gasteiger partial charge in [-0.3, -0.25) is 4.79 Å². The summed E-state index contributed by atoms with van der Waals surface area (Å²) in [4.78, 5) is 21.9. The molecule has 0 amide bonds. The normalized spacial score (nSPS) is 27.6. The predicted molar refractivity (Wildman–Crippen MR) is 41.7 cm³/mol. The molecule has 2 atom stereocenters. The number of ketones is 1. The van der Waals surface area contributed by atoms with E-state index in [9.17, 15) is 9.59 Å². The number of aliphatic hydroxyl groups is 1. The van der Waals surface area contributed by atoms with Crippen LogP contribution in [0.5, 0.6) is 0 Å². The zero-order valence-electron chi connectivity index (χ0n) is 7.31. The molecular weight excluding hydrogens is 176 g/mol. The van der Waals surface area contributed by atoms with Crippen molar-refractivity contribution in [2.45, 2.75) is 19.1 Å². The van der Waals surface area contributed by atoms with Gasteiger partial charge in [-0.2, -0.15) is 0 Å². The lowest BCUT2D eigenvalue weighted by molar-refractivity contribution is -0.147. The first kappa shape index (κ1) is 9.73. The Balaban J connectivity index is 2.85. The number of carbonyl (C=O) groups excluding carboxylic acids is 2. The van der Waals surface area contributed by atoms with E-state index < -0.39 is 24.0 Å². The number of hydrogen-bond acceptors (Lipinski definition) is 5. The fourth-order valence-electron chi connectivity index (χ4n) is 0.952. The molecule has 0 aromatic carbocycles. The van der Waals surface area contributed by atoms with Gasteiger partial charge in [0.25, 0.3) is 0 Å². The van der Waals surface area contributed by atoms with Crippen molar-refractivity contribution in [1.29, 1.82) is 0 Å². The Hall–Kier alpha value is -1.36. The summed E-state index contributed by atoms with van der Waals surface area (Å²) in [7, 11) is 1.19. The van der Waals surface area contributed by atoms with Gasteiger partial charge in [-0.25, -0.2) is 4.79 Å². The summed E-state index contributed by atoms with van der Waals surface area (Å²) in [5.41, 5.74) is 0. The van der Waals surface area contributed by atoms with E-state index >= 15 is 0 Å². The van der Waals surface area contributed by atoms with Crippen molar-refractivity contribution in [3.05, 3.63) is 11.8 Å². The lowest BCUT2D eigenvalue weighted by Crippen LogP contribution is -2.38. The van der Waals surface area contributed by atoms with E-state index in [1.165, 1.54) is 14.0 Å². The molecule has 5 heteroatoms. The van der Waals surface area contributed by atoms with Crippen LogP contribution in [0.1, 0.15) is 6.92 Å².